The lowest BCUT2D eigenvalue weighted by atomic mass is 10.3. The number of ether oxygens (including phenoxy) is 2. The second kappa shape index (κ2) is 10.8. The highest BCUT2D eigenvalue weighted by molar-refractivity contribution is 14.1. The number of amides is 1. The van der Waals surface area contributed by atoms with Crippen LogP contribution in [0.15, 0.2) is 30.3 Å². The van der Waals surface area contributed by atoms with Crippen molar-refractivity contribution in [2.45, 2.75) is 13.2 Å². The van der Waals surface area contributed by atoms with Crippen LogP contribution in [-0.2, 0) is 4.74 Å². The molecule has 1 rings (SSSR count). The Balaban J connectivity index is 0.000000331. The van der Waals surface area contributed by atoms with Crippen molar-refractivity contribution in [1.29, 1.82) is 0 Å². The average Bonchev–Trinajstić information content (AvgIpc) is 2.30. The van der Waals surface area contributed by atoms with E-state index in [1.807, 2.05) is 28.7 Å². The fourth-order valence-electron chi connectivity index (χ4n) is 0.794. The molecular weight excluding hydrogens is 349 g/mol. The van der Waals surface area contributed by atoms with Crippen molar-refractivity contribution in [2.24, 2.45) is 5.73 Å². The van der Waals surface area contributed by atoms with Crippen molar-refractivity contribution in [3.63, 3.8) is 0 Å². The standard InChI is InChI=1S/C7H7NO2.C5H7IO2/c8-7(9)10-6-4-2-1-3-5-6;1-5(7)8-4-2-3-6/h1-5H,(H2,8,9);5,7H,4H2,1H3. The fraction of sp³-hybridized carbons (Fsp3) is 0.250. The van der Waals surface area contributed by atoms with Crippen LogP contribution < -0.4 is 10.5 Å². The highest BCUT2D eigenvalue weighted by Crippen LogP contribution is 2.07. The van der Waals surface area contributed by atoms with E-state index in [1.165, 1.54) is 0 Å². The lowest BCUT2D eigenvalue weighted by Crippen LogP contribution is -2.15. The maximum absolute atomic E-state index is 10.2. The van der Waals surface area contributed by atoms with Crippen molar-refractivity contribution >= 4 is 28.7 Å². The number of hydrogen-bond acceptors (Lipinski definition) is 4. The molecule has 0 aliphatic heterocycles. The average molecular weight is 363 g/mol. The number of carbonyl (C=O) groups is 1. The summed E-state index contributed by atoms with van der Waals surface area (Å²) >= 11 is 1.91. The number of rotatable bonds is 3. The van der Waals surface area contributed by atoms with Crippen LogP contribution in [0.25, 0.3) is 0 Å². The van der Waals surface area contributed by atoms with E-state index in [2.05, 4.69) is 19.3 Å². The number of primary amides is 1. The minimum atomic E-state index is -0.786. The quantitative estimate of drug-likeness (QED) is 0.488. The van der Waals surface area contributed by atoms with Gasteiger partial charge in [-0.25, -0.2) is 4.79 Å². The topological polar surface area (TPSA) is 81.8 Å². The number of hydrogen-bond donors (Lipinski definition) is 2. The molecule has 0 spiro atoms. The molecule has 0 radical (unpaired) electrons. The van der Waals surface area contributed by atoms with Gasteiger partial charge in [-0.3, -0.25) is 0 Å². The second-order valence-corrected chi connectivity index (χ2v) is 3.46. The molecule has 1 amide bonds. The molecule has 18 heavy (non-hydrogen) atoms. The third-order valence-electron chi connectivity index (χ3n) is 1.43. The zero-order valence-corrected chi connectivity index (χ0v) is 12.0. The van der Waals surface area contributed by atoms with Gasteiger partial charge in [0.15, 0.2) is 6.29 Å². The molecule has 1 aromatic rings. The first-order chi connectivity index (χ1) is 8.56. The minimum absolute atomic E-state index is 0.306. The predicted molar refractivity (Wildman–Crippen MR) is 76.1 cm³/mol. The number of aliphatic hydroxyl groups is 1. The van der Waals surface area contributed by atoms with Crippen molar-refractivity contribution in [3.05, 3.63) is 30.3 Å². The van der Waals surface area contributed by atoms with Gasteiger partial charge in [0.1, 0.15) is 12.4 Å². The Bertz CT molecular complexity index is 398. The van der Waals surface area contributed by atoms with Gasteiger partial charge >= 0.3 is 6.09 Å². The van der Waals surface area contributed by atoms with Crippen molar-refractivity contribution < 1.29 is 19.4 Å². The number of halogens is 1. The molecule has 0 fully saturated rings. The summed E-state index contributed by atoms with van der Waals surface area (Å²) in [6.45, 7) is 1.86. The molecule has 1 unspecified atom stereocenters. The zero-order valence-electron chi connectivity index (χ0n) is 9.80. The Morgan fingerprint density at radius 1 is 1.50 bits per heavy atom. The smallest absolute Gasteiger partial charge is 0.409 e. The second-order valence-electron chi connectivity index (χ2n) is 2.92. The molecule has 0 aliphatic rings. The van der Waals surface area contributed by atoms with E-state index in [0.29, 0.717) is 12.4 Å². The van der Waals surface area contributed by atoms with Gasteiger partial charge in [-0.2, -0.15) is 0 Å². The van der Waals surface area contributed by atoms with Gasteiger partial charge in [-0.15, -0.1) is 0 Å². The van der Waals surface area contributed by atoms with Crippen LogP contribution in [0.5, 0.6) is 5.75 Å². The summed E-state index contributed by atoms with van der Waals surface area (Å²) in [5, 5.41) is 8.49. The summed E-state index contributed by atoms with van der Waals surface area (Å²) in [4.78, 5) is 10.2. The van der Waals surface area contributed by atoms with Gasteiger partial charge in [0.25, 0.3) is 0 Å². The van der Waals surface area contributed by atoms with Gasteiger partial charge in [0, 0.05) is 22.6 Å². The van der Waals surface area contributed by atoms with E-state index in [4.69, 9.17) is 10.8 Å². The monoisotopic (exact) mass is 363 g/mol. The first-order valence-electron chi connectivity index (χ1n) is 4.96. The molecular formula is C12H14INO4. The zero-order chi connectivity index (χ0) is 13.8. The van der Waals surface area contributed by atoms with Crippen molar-refractivity contribution in [2.75, 3.05) is 6.61 Å². The first-order valence-corrected chi connectivity index (χ1v) is 6.04. The first kappa shape index (κ1) is 16.7. The van der Waals surface area contributed by atoms with Gasteiger partial charge in [-0.1, -0.05) is 24.1 Å². The maximum atomic E-state index is 10.2. The summed E-state index contributed by atoms with van der Waals surface area (Å²) in [5.74, 6) is 3.10. The predicted octanol–water partition coefficient (Wildman–Crippen LogP) is 1.88. The van der Waals surface area contributed by atoms with Crippen LogP contribution in [0.4, 0.5) is 4.79 Å². The fourth-order valence-corrected chi connectivity index (χ4v) is 0.950. The number of aliphatic hydroxyl groups excluding tert-OH is 1. The van der Waals surface area contributed by atoms with Crippen LogP contribution in [0, 0.1) is 9.85 Å². The molecule has 98 valence electrons. The lowest BCUT2D eigenvalue weighted by Gasteiger charge is -1.99. The molecule has 1 atom stereocenters. The summed E-state index contributed by atoms with van der Waals surface area (Å²) in [7, 11) is 0. The molecule has 0 saturated carbocycles. The number of carbonyl (C=O) groups excluding carboxylic acids is 1. The van der Waals surface area contributed by atoms with E-state index >= 15 is 0 Å². The normalized spacial score (nSPS) is 10.2. The summed E-state index contributed by atoms with van der Waals surface area (Å²) in [6.07, 6.45) is -1.49. The van der Waals surface area contributed by atoms with Crippen LogP contribution in [-0.4, -0.2) is 24.1 Å². The molecule has 0 saturated heterocycles. The summed E-state index contributed by atoms with van der Waals surface area (Å²) in [6, 6.07) is 8.67. The van der Waals surface area contributed by atoms with E-state index in [9.17, 15) is 4.79 Å². The Kier molecular flexibility index (Phi) is 10.0. The third kappa shape index (κ3) is 11.2. The van der Waals surface area contributed by atoms with Crippen molar-refractivity contribution in [3.8, 4) is 15.6 Å². The molecule has 1 aromatic carbocycles. The van der Waals surface area contributed by atoms with Gasteiger partial charge < -0.3 is 20.3 Å². The molecule has 0 aliphatic carbocycles. The summed E-state index contributed by atoms with van der Waals surface area (Å²) < 4.78 is 11.8. The van der Waals surface area contributed by atoms with Gasteiger partial charge in [-0.05, 0) is 23.0 Å². The maximum Gasteiger partial charge on any atom is 0.409 e. The molecule has 0 bridgehead atoms. The Morgan fingerprint density at radius 2 is 2.11 bits per heavy atom. The van der Waals surface area contributed by atoms with E-state index in [0.717, 1.165) is 0 Å². The highest BCUT2D eigenvalue weighted by atomic mass is 127. The molecule has 6 heteroatoms. The number of para-hydroxylation sites is 1. The van der Waals surface area contributed by atoms with Crippen molar-refractivity contribution in [1.82, 2.24) is 0 Å². The Labute approximate surface area is 119 Å². The highest BCUT2D eigenvalue weighted by Gasteiger charge is 1.93. The number of nitrogens with two attached hydrogens (primary N) is 1. The molecule has 3 N–H and O–H groups in total. The van der Waals surface area contributed by atoms with Gasteiger partial charge in [0.05, 0.1) is 0 Å². The largest absolute Gasteiger partial charge is 0.411 e. The number of benzene rings is 1. The van der Waals surface area contributed by atoms with Crippen LogP contribution in [0.3, 0.4) is 0 Å². The lowest BCUT2D eigenvalue weighted by molar-refractivity contribution is -0.0720. The van der Waals surface area contributed by atoms with E-state index in [-0.39, 0.29) is 0 Å². The van der Waals surface area contributed by atoms with Crippen LogP contribution in [0.2, 0.25) is 0 Å². The van der Waals surface area contributed by atoms with E-state index < -0.39 is 12.4 Å². The Hall–Kier alpha value is -1.30. The Morgan fingerprint density at radius 3 is 2.56 bits per heavy atom. The molecule has 0 aromatic heterocycles. The minimum Gasteiger partial charge on any atom is -0.411 e. The van der Waals surface area contributed by atoms with Crippen LogP contribution in [0.1, 0.15) is 6.92 Å². The molecule has 5 nitrogen and oxygen atoms in total. The SMILES string of the molecule is CC(O)OCC#CI.NC(=O)Oc1ccccc1. The third-order valence-corrected chi connectivity index (χ3v) is 1.81. The van der Waals surface area contributed by atoms with Crippen LogP contribution >= 0.6 is 22.6 Å². The summed E-state index contributed by atoms with van der Waals surface area (Å²) in [5.41, 5.74) is 4.76. The van der Waals surface area contributed by atoms with E-state index in [1.54, 1.807) is 31.2 Å². The molecule has 0 heterocycles. The van der Waals surface area contributed by atoms with Gasteiger partial charge in [0.2, 0.25) is 0 Å².